The molecular formula is C23H27F4N3O2. The van der Waals surface area contributed by atoms with Gasteiger partial charge in [-0.25, -0.2) is 14.4 Å². The summed E-state index contributed by atoms with van der Waals surface area (Å²) in [6, 6.07) is 3.99. The van der Waals surface area contributed by atoms with Crippen LogP contribution in [-0.2, 0) is 18.3 Å². The van der Waals surface area contributed by atoms with Gasteiger partial charge in [-0.1, -0.05) is 27.7 Å². The van der Waals surface area contributed by atoms with E-state index in [-0.39, 0.29) is 5.69 Å². The lowest BCUT2D eigenvalue weighted by atomic mass is 9.72. The number of ether oxygens (including phenoxy) is 1. The van der Waals surface area contributed by atoms with E-state index in [0.29, 0.717) is 40.9 Å². The van der Waals surface area contributed by atoms with Crippen LogP contribution in [0.5, 0.6) is 5.75 Å². The van der Waals surface area contributed by atoms with Gasteiger partial charge in [0.15, 0.2) is 5.60 Å². The van der Waals surface area contributed by atoms with Crippen molar-refractivity contribution in [3.8, 4) is 5.75 Å². The van der Waals surface area contributed by atoms with Crippen molar-refractivity contribution in [2.24, 2.45) is 0 Å². The maximum Gasteiger partial charge on any atom is 0.417 e. The molecule has 3 heterocycles. The largest absolute Gasteiger partial charge is 0.493 e. The molecule has 0 saturated carbocycles. The molecule has 2 aromatic heterocycles. The molecule has 32 heavy (non-hydrogen) atoms. The summed E-state index contributed by atoms with van der Waals surface area (Å²) in [5.41, 5.74) is -2.20. The lowest BCUT2D eigenvalue weighted by molar-refractivity contribution is -0.266. The number of aromatic nitrogens is 3. The third kappa shape index (κ3) is 4.57. The molecule has 0 saturated heterocycles. The third-order valence-electron chi connectivity index (χ3n) is 5.57. The number of hydrogen-bond acceptors (Lipinski definition) is 4. The van der Waals surface area contributed by atoms with Crippen molar-refractivity contribution in [2.75, 3.05) is 6.61 Å². The molecule has 1 aliphatic rings. The Labute approximate surface area is 183 Å². The van der Waals surface area contributed by atoms with Crippen molar-refractivity contribution in [1.29, 1.82) is 0 Å². The normalized spacial score (nSPS) is 15.5. The van der Waals surface area contributed by atoms with Crippen LogP contribution < -0.4 is 4.74 Å². The maximum atomic E-state index is 14.1. The molecular weight excluding hydrogens is 426 g/mol. The number of benzene rings is 1. The third-order valence-corrected chi connectivity index (χ3v) is 5.57. The van der Waals surface area contributed by atoms with E-state index >= 15 is 0 Å². The maximum absolute atomic E-state index is 14.1. The summed E-state index contributed by atoms with van der Waals surface area (Å²) in [7, 11) is 0. The zero-order chi connectivity index (χ0) is 23.7. The van der Waals surface area contributed by atoms with Gasteiger partial charge in [0, 0.05) is 29.7 Å². The van der Waals surface area contributed by atoms with Gasteiger partial charge in [-0.15, -0.1) is 0 Å². The number of nitrogens with one attached hydrogen (secondary N) is 1. The van der Waals surface area contributed by atoms with Crippen LogP contribution >= 0.6 is 0 Å². The number of fused-ring (bicyclic) bond motifs is 2. The average Bonchev–Trinajstić information content (AvgIpc) is 3.33. The number of rotatable bonds is 5. The van der Waals surface area contributed by atoms with E-state index in [9.17, 15) is 22.7 Å². The number of alkyl halides is 3. The fourth-order valence-corrected chi connectivity index (χ4v) is 4.20. The van der Waals surface area contributed by atoms with Crippen LogP contribution in [-0.4, -0.2) is 38.4 Å². The summed E-state index contributed by atoms with van der Waals surface area (Å²) in [5.74, 6) is -0.126. The highest BCUT2D eigenvalue weighted by Crippen LogP contribution is 2.46. The number of H-pyrrole nitrogens is 1. The van der Waals surface area contributed by atoms with Gasteiger partial charge in [0.1, 0.15) is 17.9 Å². The summed E-state index contributed by atoms with van der Waals surface area (Å²) >= 11 is 0. The average molecular weight is 453 g/mol. The molecule has 0 radical (unpaired) electrons. The van der Waals surface area contributed by atoms with E-state index in [2.05, 4.69) is 15.0 Å². The minimum Gasteiger partial charge on any atom is -0.493 e. The van der Waals surface area contributed by atoms with Gasteiger partial charge in [0.2, 0.25) is 0 Å². The molecule has 5 nitrogen and oxygen atoms in total. The second-order valence-electron chi connectivity index (χ2n) is 8.42. The molecule has 1 atom stereocenters. The van der Waals surface area contributed by atoms with Crippen molar-refractivity contribution in [3.05, 3.63) is 53.4 Å². The van der Waals surface area contributed by atoms with Crippen LogP contribution in [0.3, 0.4) is 0 Å². The van der Waals surface area contributed by atoms with Crippen molar-refractivity contribution in [3.63, 3.8) is 0 Å². The molecule has 1 unspecified atom stereocenters. The minimum absolute atomic E-state index is 0.182. The van der Waals surface area contributed by atoms with E-state index in [0.717, 1.165) is 0 Å². The summed E-state index contributed by atoms with van der Waals surface area (Å²) in [6.07, 6.45) is -3.04. The Balaban J connectivity index is 0.00000141. The number of hydrogen-bond donors (Lipinski definition) is 2. The van der Waals surface area contributed by atoms with Crippen molar-refractivity contribution in [2.45, 2.75) is 64.1 Å². The summed E-state index contributed by atoms with van der Waals surface area (Å²) in [4.78, 5) is 10.7. The molecule has 3 aromatic rings. The van der Waals surface area contributed by atoms with Crippen molar-refractivity contribution < 1.29 is 27.4 Å². The van der Waals surface area contributed by atoms with Gasteiger partial charge in [-0.2, -0.15) is 13.2 Å². The molecule has 174 valence electrons. The predicted molar refractivity (Wildman–Crippen MR) is 113 cm³/mol. The Morgan fingerprint density at radius 2 is 1.88 bits per heavy atom. The number of aliphatic hydroxyl groups is 1. The molecule has 1 aromatic carbocycles. The van der Waals surface area contributed by atoms with Gasteiger partial charge in [0.05, 0.1) is 23.8 Å². The van der Waals surface area contributed by atoms with E-state index in [1.54, 1.807) is 13.8 Å². The summed E-state index contributed by atoms with van der Waals surface area (Å²) in [6.45, 7) is 7.45. The van der Waals surface area contributed by atoms with Gasteiger partial charge in [0.25, 0.3) is 0 Å². The van der Waals surface area contributed by atoms with Gasteiger partial charge < -0.3 is 14.8 Å². The van der Waals surface area contributed by atoms with Crippen LogP contribution in [0.1, 0.15) is 50.9 Å². The Morgan fingerprint density at radius 3 is 2.53 bits per heavy atom. The first-order valence-electron chi connectivity index (χ1n) is 10.5. The lowest BCUT2D eigenvalue weighted by Crippen LogP contribution is -2.51. The smallest absolute Gasteiger partial charge is 0.417 e. The van der Waals surface area contributed by atoms with Gasteiger partial charge >= 0.3 is 6.18 Å². The lowest BCUT2D eigenvalue weighted by Gasteiger charge is -2.38. The number of halogens is 4. The molecule has 2 N–H and O–H groups in total. The highest BCUT2D eigenvalue weighted by atomic mass is 19.4. The second-order valence-corrected chi connectivity index (χ2v) is 8.42. The standard InChI is InChI=1S/C21H21F4N3O2.C2H6/c1-19(2,15-6-13(22)5-12-3-4-30-18(12)15)10-20(29,21(23,24)25)8-14-7-16-17(28-14)9-26-11-27-16;1-2/h5-7,9,11,28-29H,3-4,8,10H2,1-2H3;1-2H3. The van der Waals surface area contributed by atoms with Gasteiger partial charge in [-0.3, -0.25) is 0 Å². The topological polar surface area (TPSA) is 71.0 Å². The quantitative estimate of drug-likeness (QED) is 0.517. The van der Waals surface area contributed by atoms with Crippen LogP contribution in [0.25, 0.3) is 11.0 Å². The fourth-order valence-electron chi connectivity index (χ4n) is 4.20. The number of nitrogens with zero attached hydrogens (tertiary/aromatic N) is 2. The van der Waals surface area contributed by atoms with E-state index < -0.39 is 35.9 Å². The molecule has 0 spiro atoms. The second kappa shape index (κ2) is 8.69. The molecule has 0 aliphatic carbocycles. The van der Waals surface area contributed by atoms with E-state index in [4.69, 9.17) is 4.74 Å². The molecule has 0 amide bonds. The van der Waals surface area contributed by atoms with Crippen molar-refractivity contribution >= 4 is 11.0 Å². The first-order chi connectivity index (χ1) is 15.0. The Hall–Kier alpha value is -2.68. The molecule has 0 bridgehead atoms. The molecule has 9 heteroatoms. The minimum atomic E-state index is -4.91. The summed E-state index contributed by atoms with van der Waals surface area (Å²) in [5, 5.41) is 10.8. The zero-order valence-corrected chi connectivity index (χ0v) is 18.5. The molecule has 0 fully saturated rings. The zero-order valence-electron chi connectivity index (χ0n) is 18.5. The van der Waals surface area contributed by atoms with E-state index in [1.807, 2.05) is 13.8 Å². The Morgan fingerprint density at radius 1 is 1.16 bits per heavy atom. The summed E-state index contributed by atoms with van der Waals surface area (Å²) < 4.78 is 61.8. The monoisotopic (exact) mass is 453 g/mol. The Kier molecular flexibility index (Phi) is 6.51. The van der Waals surface area contributed by atoms with Crippen LogP contribution in [0.4, 0.5) is 17.6 Å². The first-order valence-corrected chi connectivity index (χ1v) is 10.5. The molecule has 1 aliphatic heterocycles. The highest BCUT2D eigenvalue weighted by Gasteiger charge is 2.56. The highest BCUT2D eigenvalue weighted by molar-refractivity contribution is 5.74. The van der Waals surface area contributed by atoms with Crippen LogP contribution in [0.15, 0.2) is 30.7 Å². The fraction of sp³-hybridized carbons (Fsp3) is 0.478. The van der Waals surface area contributed by atoms with Gasteiger partial charge in [-0.05, 0) is 30.0 Å². The number of aromatic amines is 1. The Bertz CT molecular complexity index is 1060. The first kappa shape index (κ1) is 24.0. The van der Waals surface area contributed by atoms with E-state index in [1.165, 1.54) is 30.7 Å². The van der Waals surface area contributed by atoms with Crippen molar-refractivity contribution in [1.82, 2.24) is 15.0 Å². The van der Waals surface area contributed by atoms with Crippen LogP contribution in [0, 0.1) is 5.82 Å². The molecule has 4 rings (SSSR count). The SMILES string of the molecule is CC.CC(C)(CC(O)(Cc1cc2ncncc2[nH]1)C(F)(F)F)c1cc(F)cc2c1OCC2. The van der Waals surface area contributed by atoms with Crippen LogP contribution in [0.2, 0.25) is 0 Å². The predicted octanol–water partition coefficient (Wildman–Crippen LogP) is 5.26.